The van der Waals surface area contributed by atoms with Crippen LogP contribution in [0.5, 0.6) is 0 Å². The zero-order valence-electron chi connectivity index (χ0n) is 14.3. The van der Waals surface area contributed by atoms with Gasteiger partial charge in [0, 0.05) is 18.8 Å². The molecule has 1 fully saturated rings. The van der Waals surface area contributed by atoms with Crippen LogP contribution in [-0.2, 0) is 0 Å². The lowest BCUT2D eigenvalue weighted by Crippen LogP contribution is -2.40. The molecule has 3 heterocycles. The summed E-state index contributed by atoms with van der Waals surface area (Å²) in [5, 5.41) is 0. The Kier molecular flexibility index (Phi) is 5.27. The lowest BCUT2D eigenvalue weighted by atomic mass is 10.00. The van der Waals surface area contributed by atoms with Crippen molar-refractivity contribution in [2.24, 2.45) is 0 Å². The number of pyridine rings is 1. The molecule has 0 aromatic carbocycles. The maximum atomic E-state index is 12.1. The number of rotatable bonds is 5. The number of carbonyl (C=O) groups is 1. The predicted octanol–water partition coefficient (Wildman–Crippen LogP) is 1.98. The van der Waals surface area contributed by atoms with E-state index in [9.17, 15) is 4.79 Å². The van der Waals surface area contributed by atoms with Crippen LogP contribution in [0.1, 0.15) is 43.1 Å². The highest BCUT2D eigenvalue weighted by Crippen LogP contribution is 2.31. The van der Waals surface area contributed by atoms with Crippen molar-refractivity contribution < 1.29 is 4.79 Å². The van der Waals surface area contributed by atoms with Gasteiger partial charge in [-0.2, -0.15) is 0 Å². The third-order valence-electron chi connectivity index (χ3n) is 4.43. The van der Waals surface area contributed by atoms with E-state index in [1.165, 1.54) is 12.7 Å². The Hall–Kier alpha value is -2.90. The van der Waals surface area contributed by atoms with E-state index in [-0.39, 0.29) is 5.91 Å². The average Bonchev–Trinajstić information content (AvgIpc) is 2.67. The van der Waals surface area contributed by atoms with E-state index >= 15 is 0 Å². The topological polar surface area (TPSA) is 109 Å². The second kappa shape index (κ2) is 7.78. The van der Waals surface area contributed by atoms with E-state index in [4.69, 9.17) is 5.73 Å². The maximum absolute atomic E-state index is 12.1. The number of hydrogen-bond acceptors (Lipinski definition) is 7. The molecule has 0 saturated carbocycles. The number of nitrogens with zero attached hydrogens (tertiary/aromatic N) is 4. The lowest BCUT2D eigenvalue weighted by Gasteiger charge is -2.36. The van der Waals surface area contributed by atoms with E-state index < -0.39 is 0 Å². The first-order valence-corrected chi connectivity index (χ1v) is 8.55. The fourth-order valence-corrected chi connectivity index (χ4v) is 3.10. The molecule has 1 aliphatic rings. The van der Waals surface area contributed by atoms with Gasteiger partial charge in [0.25, 0.3) is 5.91 Å². The second-order valence-electron chi connectivity index (χ2n) is 6.00. The minimum absolute atomic E-state index is 0.310. The highest BCUT2D eigenvalue weighted by molar-refractivity contribution is 5.93. The van der Waals surface area contributed by atoms with E-state index in [0.717, 1.165) is 31.6 Å². The van der Waals surface area contributed by atoms with Crippen LogP contribution in [0.25, 0.3) is 0 Å². The minimum atomic E-state index is -0.357. The Labute approximate surface area is 146 Å². The summed E-state index contributed by atoms with van der Waals surface area (Å²) < 4.78 is 0. The summed E-state index contributed by atoms with van der Waals surface area (Å²) in [5.74, 6) is 0.746. The Morgan fingerprint density at radius 3 is 2.96 bits per heavy atom. The fraction of sp³-hybridized carbons (Fsp3) is 0.412. The van der Waals surface area contributed by atoms with Gasteiger partial charge < -0.3 is 10.6 Å². The van der Waals surface area contributed by atoms with Crippen molar-refractivity contribution in [3.8, 4) is 0 Å². The number of nitrogen functional groups attached to an aromatic ring is 1. The number of amides is 1. The largest absolute Gasteiger partial charge is 0.393 e. The van der Waals surface area contributed by atoms with Crippen molar-refractivity contribution in [3.63, 3.8) is 0 Å². The third kappa shape index (κ3) is 3.78. The molecule has 8 heteroatoms. The zero-order chi connectivity index (χ0) is 17.6. The molecule has 1 atom stereocenters. The zero-order valence-corrected chi connectivity index (χ0v) is 14.3. The standard InChI is InChI=1S/C17H23N7O/c1-2-12-7-4-6-10-24(12)16-14(18)15(20-11-21-16)22-23-17(25)13-8-3-5-9-19-13/h3,5,8-9,11-12H,2,4,6-7,10,18H2,1H3,(H,23,25)(H,20,21,22). The molecule has 0 bridgehead atoms. The first-order valence-electron chi connectivity index (χ1n) is 8.55. The van der Waals surface area contributed by atoms with Gasteiger partial charge in [-0.05, 0) is 37.8 Å². The predicted molar refractivity (Wildman–Crippen MR) is 97.0 cm³/mol. The molecule has 1 aliphatic heterocycles. The van der Waals surface area contributed by atoms with Gasteiger partial charge >= 0.3 is 0 Å². The monoisotopic (exact) mass is 341 g/mol. The molecule has 1 saturated heterocycles. The summed E-state index contributed by atoms with van der Waals surface area (Å²) in [4.78, 5) is 26.8. The van der Waals surface area contributed by atoms with Gasteiger partial charge in [0.15, 0.2) is 11.6 Å². The Balaban J connectivity index is 1.74. The van der Waals surface area contributed by atoms with Crippen LogP contribution in [0.4, 0.5) is 17.3 Å². The number of carbonyl (C=O) groups excluding carboxylic acids is 1. The van der Waals surface area contributed by atoms with Crippen LogP contribution in [0.15, 0.2) is 30.7 Å². The number of hydrogen-bond donors (Lipinski definition) is 3. The summed E-state index contributed by atoms with van der Waals surface area (Å²) in [7, 11) is 0. The highest BCUT2D eigenvalue weighted by atomic mass is 16.2. The summed E-state index contributed by atoms with van der Waals surface area (Å²) >= 11 is 0. The third-order valence-corrected chi connectivity index (χ3v) is 4.43. The molecule has 132 valence electrons. The van der Waals surface area contributed by atoms with Crippen molar-refractivity contribution in [1.29, 1.82) is 0 Å². The van der Waals surface area contributed by atoms with Crippen LogP contribution in [0.3, 0.4) is 0 Å². The van der Waals surface area contributed by atoms with E-state index in [1.807, 2.05) is 0 Å². The van der Waals surface area contributed by atoms with Crippen LogP contribution in [0, 0.1) is 0 Å². The van der Waals surface area contributed by atoms with Crippen molar-refractivity contribution in [2.45, 2.75) is 38.6 Å². The van der Waals surface area contributed by atoms with Crippen LogP contribution in [-0.4, -0.2) is 33.4 Å². The van der Waals surface area contributed by atoms with Crippen molar-refractivity contribution in [3.05, 3.63) is 36.4 Å². The summed E-state index contributed by atoms with van der Waals surface area (Å²) in [6.07, 6.45) is 7.56. The van der Waals surface area contributed by atoms with Crippen molar-refractivity contribution in [2.75, 3.05) is 22.6 Å². The van der Waals surface area contributed by atoms with Gasteiger partial charge in [-0.1, -0.05) is 13.0 Å². The smallest absolute Gasteiger partial charge is 0.288 e. The molecule has 8 nitrogen and oxygen atoms in total. The van der Waals surface area contributed by atoms with Gasteiger partial charge in [-0.3, -0.25) is 20.6 Å². The quantitative estimate of drug-likeness (QED) is 0.713. The van der Waals surface area contributed by atoms with E-state index in [1.54, 1.807) is 24.4 Å². The Morgan fingerprint density at radius 2 is 2.20 bits per heavy atom. The van der Waals surface area contributed by atoms with Crippen LogP contribution < -0.4 is 21.5 Å². The molecular weight excluding hydrogens is 318 g/mol. The molecular formula is C17H23N7O. The van der Waals surface area contributed by atoms with Crippen molar-refractivity contribution in [1.82, 2.24) is 20.4 Å². The molecule has 4 N–H and O–H groups in total. The Bertz CT molecular complexity index is 722. The molecule has 2 aromatic heterocycles. The highest BCUT2D eigenvalue weighted by Gasteiger charge is 2.25. The lowest BCUT2D eigenvalue weighted by molar-refractivity contribution is 0.0957. The van der Waals surface area contributed by atoms with Gasteiger partial charge in [0.05, 0.1) is 0 Å². The molecule has 0 spiro atoms. The number of aromatic nitrogens is 3. The fourth-order valence-electron chi connectivity index (χ4n) is 3.10. The summed E-state index contributed by atoms with van der Waals surface area (Å²) in [5.41, 5.74) is 12.4. The van der Waals surface area contributed by atoms with Gasteiger partial charge in [-0.25, -0.2) is 9.97 Å². The van der Waals surface area contributed by atoms with E-state index in [2.05, 4.69) is 37.6 Å². The van der Waals surface area contributed by atoms with E-state index in [0.29, 0.717) is 23.2 Å². The van der Waals surface area contributed by atoms with Gasteiger partial charge in [0.2, 0.25) is 0 Å². The summed E-state index contributed by atoms with van der Waals surface area (Å²) in [6.45, 7) is 3.10. The molecule has 1 amide bonds. The number of piperidine rings is 1. The molecule has 1 unspecified atom stereocenters. The minimum Gasteiger partial charge on any atom is -0.393 e. The number of nitrogens with two attached hydrogens (primary N) is 1. The maximum Gasteiger partial charge on any atom is 0.288 e. The molecule has 3 rings (SSSR count). The molecule has 0 radical (unpaired) electrons. The number of nitrogens with one attached hydrogen (secondary N) is 2. The average molecular weight is 341 g/mol. The van der Waals surface area contributed by atoms with Crippen molar-refractivity contribution >= 4 is 23.2 Å². The Morgan fingerprint density at radius 1 is 1.32 bits per heavy atom. The SMILES string of the molecule is CCC1CCCCN1c1ncnc(NNC(=O)c2ccccn2)c1N. The van der Waals surface area contributed by atoms with Crippen LogP contribution >= 0.6 is 0 Å². The summed E-state index contributed by atoms with van der Waals surface area (Å²) in [6, 6.07) is 5.56. The van der Waals surface area contributed by atoms with Crippen LogP contribution in [0.2, 0.25) is 0 Å². The first-order chi connectivity index (χ1) is 12.2. The first kappa shape index (κ1) is 16.9. The second-order valence-corrected chi connectivity index (χ2v) is 6.00. The molecule has 2 aromatic rings. The number of anilines is 3. The number of hydrazine groups is 1. The molecule has 25 heavy (non-hydrogen) atoms. The normalized spacial score (nSPS) is 17.2. The van der Waals surface area contributed by atoms with Gasteiger partial charge in [-0.15, -0.1) is 0 Å². The molecule has 0 aliphatic carbocycles. The van der Waals surface area contributed by atoms with Gasteiger partial charge in [0.1, 0.15) is 17.7 Å².